The number of aromatic hydroxyl groups is 1. The number of phenols is 1. The average molecular weight is 377 g/mol. The molecule has 1 aromatic carbocycles. The molecule has 1 heterocycles. The van der Waals surface area contributed by atoms with E-state index in [9.17, 15) is 24.3 Å². The SMILES string of the molecule is COCCn1c(N)c(C(=O)COC(=O)c2cc(C)ccc2O)c(=O)[nH]c1=O. The van der Waals surface area contributed by atoms with E-state index in [4.69, 9.17) is 15.2 Å². The Labute approximate surface area is 153 Å². The number of nitrogen functional groups attached to an aromatic ring is 1. The summed E-state index contributed by atoms with van der Waals surface area (Å²) in [5.41, 5.74) is 4.10. The fourth-order valence-electron chi connectivity index (χ4n) is 2.36. The van der Waals surface area contributed by atoms with E-state index in [2.05, 4.69) is 0 Å². The van der Waals surface area contributed by atoms with Crippen LogP contribution in [-0.4, -0.2) is 46.7 Å². The van der Waals surface area contributed by atoms with Crippen molar-refractivity contribution in [1.29, 1.82) is 0 Å². The average Bonchev–Trinajstić information content (AvgIpc) is 2.61. The largest absolute Gasteiger partial charge is 0.507 e. The van der Waals surface area contributed by atoms with Crippen LogP contribution in [0, 0.1) is 6.92 Å². The van der Waals surface area contributed by atoms with Gasteiger partial charge in [-0.2, -0.15) is 0 Å². The number of rotatable bonds is 7. The second-order valence-electron chi connectivity index (χ2n) is 5.68. The lowest BCUT2D eigenvalue weighted by molar-refractivity contribution is 0.0471. The minimum Gasteiger partial charge on any atom is -0.507 e. The van der Waals surface area contributed by atoms with Gasteiger partial charge in [0.05, 0.1) is 13.2 Å². The number of nitrogens with zero attached hydrogens (tertiary/aromatic N) is 1. The van der Waals surface area contributed by atoms with E-state index in [1.807, 2.05) is 4.98 Å². The van der Waals surface area contributed by atoms with E-state index in [1.165, 1.54) is 19.2 Å². The number of carbonyl (C=O) groups is 2. The first-order valence-electron chi connectivity index (χ1n) is 7.87. The third kappa shape index (κ3) is 4.42. The molecule has 10 nitrogen and oxygen atoms in total. The van der Waals surface area contributed by atoms with Crippen molar-refractivity contribution in [3.8, 4) is 5.75 Å². The maximum atomic E-state index is 12.3. The number of ether oxygens (including phenoxy) is 2. The third-order valence-corrected chi connectivity index (χ3v) is 3.74. The molecule has 2 rings (SSSR count). The maximum absolute atomic E-state index is 12.3. The fraction of sp³-hybridized carbons (Fsp3) is 0.294. The molecule has 0 fully saturated rings. The summed E-state index contributed by atoms with van der Waals surface area (Å²) >= 11 is 0. The molecule has 1 aromatic heterocycles. The second kappa shape index (κ2) is 8.32. The minimum absolute atomic E-state index is 0.0230. The van der Waals surface area contributed by atoms with Gasteiger partial charge in [-0.1, -0.05) is 11.6 Å². The number of aryl methyl sites for hydroxylation is 1. The number of Topliss-reactive ketones (excluding diaryl/α,β-unsaturated/α-hetero) is 1. The number of nitrogens with one attached hydrogen (secondary N) is 1. The zero-order valence-electron chi connectivity index (χ0n) is 14.8. The standard InChI is InChI=1S/C17H19N3O7/c1-9-3-4-11(21)10(7-9)16(24)27-8-12(22)13-14(18)20(5-6-26-2)17(25)19-15(13)23/h3-4,7,21H,5-6,8,18H2,1-2H3,(H,19,23,25). The Balaban J connectivity index is 2.23. The Morgan fingerprint density at radius 3 is 2.67 bits per heavy atom. The molecule has 2 aromatic rings. The number of methoxy groups -OCH3 is 1. The molecule has 10 heteroatoms. The van der Waals surface area contributed by atoms with Crippen molar-refractivity contribution in [3.05, 3.63) is 55.7 Å². The van der Waals surface area contributed by atoms with E-state index in [0.29, 0.717) is 5.56 Å². The molecular weight excluding hydrogens is 358 g/mol. The Bertz CT molecular complexity index is 991. The zero-order chi connectivity index (χ0) is 20.1. The number of ketones is 1. The number of hydrogen-bond donors (Lipinski definition) is 3. The molecule has 0 spiro atoms. The molecule has 0 unspecified atom stereocenters. The molecule has 0 bridgehead atoms. The summed E-state index contributed by atoms with van der Waals surface area (Å²) < 4.78 is 10.7. The molecule has 4 N–H and O–H groups in total. The van der Waals surface area contributed by atoms with Crippen molar-refractivity contribution in [2.45, 2.75) is 13.5 Å². The number of hydrogen-bond acceptors (Lipinski definition) is 8. The number of anilines is 1. The summed E-state index contributed by atoms with van der Waals surface area (Å²) in [5, 5.41) is 9.71. The summed E-state index contributed by atoms with van der Waals surface area (Å²) in [5.74, 6) is -2.48. The molecule has 0 aliphatic rings. The van der Waals surface area contributed by atoms with E-state index < -0.39 is 35.2 Å². The lowest BCUT2D eigenvalue weighted by Crippen LogP contribution is -2.37. The Hall–Kier alpha value is -3.40. The predicted octanol–water partition coefficient (Wildman–Crippen LogP) is -0.181. The fourth-order valence-corrected chi connectivity index (χ4v) is 2.36. The van der Waals surface area contributed by atoms with Gasteiger partial charge in [0.1, 0.15) is 22.7 Å². The highest BCUT2D eigenvalue weighted by molar-refractivity contribution is 6.02. The second-order valence-corrected chi connectivity index (χ2v) is 5.68. The number of aromatic nitrogens is 2. The van der Waals surface area contributed by atoms with Crippen molar-refractivity contribution < 1.29 is 24.2 Å². The summed E-state index contributed by atoms with van der Waals surface area (Å²) in [4.78, 5) is 50.1. The Morgan fingerprint density at radius 2 is 2.00 bits per heavy atom. The van der Waals surface area contributed by atoms with Crippen molar-refractivity contribution in [2.24, 2.45) is 0 Å². The molecule has 0 radical (unpaired) electrons. The van der Waals surface area contributed by atoms with Crippen LogP contribution in [-0.2, 0) is 16.0 Å². The molecule has 0 amide bonds. The molecule has 0 aliphatic heterocycles. The number of aromatic amines is 1. The van der Waals surface area contributed by atoms with Gasteiger partial charge >= 0.3 is 11.7 Å². The van der Waals surface area contributed by atoms with Crippen LogP contribution in [0.3, 0.4) is 0 Å². The highest BCUT2D eigenvalue weighted by Crippen LogP contribution is 2.19. The number of H-pyrrole nitrogens is 1. The van der Waals surface area contributed by atoms with Gasteiger partial charge in [0, 0.05) is 7.11 Å². The van der Waals surface area contributed by atoms with Crippen LogP contribution in [0.1, 0.15) is 26.3 Å². The van der Waals surface area contributed by atoms with Gasteiger partial charge in [-0.15, -0.1) is 0 Å². The summed E-state index contributed by atoms with van der Waals surface area (Å²) in [6.07, 6.45) is 0. The van der Waals surface area contributed by atoms with Crippen LogP contribution in [0.25, 0.3) is 0 Å². The van der Waals surface area contributed by atoms with Crippen molar-refractivity contribution in [3.63, 3.8) is 0 Å². The highest BCUT2D eigenvalue weighted by atomic mass is 16.5. The van der Waals surface area contributed by atoms with Crippen molar-refractivity contribution in [1.82, 2.24) is 9.55 Å². The van der Waals surface area contributed by atoms with Crippen LogP contribution in [0.2, 0.25) is 0 Å². The molecule has 144 valence electrons. The number of carbonyl (C=O) groups excluding carboxylic acids is 2. The smallest absolute Gasteiger partial charge is 0.342 e. The first-order chi connectivity index (χ1) is 12.8. The number of benzene rings is 1. The Kier molecular flexibility index (Phi) is 6.14. The molecule has 0 saturated carbocycles. The van der Waals surface area contributed by atoms with Gasteiger partial charge in [-0.25, -0.2) is 9.59 Å². The maximum Gasteiger partial charge on any atom is 0.342 e. The Morgan fingerprint density at radius 1 is 1.30 bits per heavy atom. The molecule has 0 saturated heterocycles. The van der Waals surface area contributed by atoms with Gasteiger partial charge in [0.15, 0.2) is 6.61 Å². The molecule has 0 atom stereocenters. The first-order valence-corrected chi connectivity index (χ1v) is 7.87. The summed E-state index contributed by atoms with van der Waals surface area (Å²) in [6.45, 7) is 1.08. The monoisotopic (exact) mass is 377 g/mol. The normalized spacial score (nSPS) is 10.6. The molecule has 0 aliphatic carbocycles. The first kappa shape index (κ1) is 19.9. The topological polar surface area (TPSA) is 154 Å². The van der Waals surface area contributed by atoms with Crippen LogP contribution in [0.4, 0.5) is 5.82 Å². The van der Waals surface area contributed by atoms with Crippen LogP contribution in [0.15, 0.2) is 27.8 Å². The number of esters is 1. The lowest BCUT2D eigenvalue weighted by atomic mass is 10.1. The van der Waals surface area contributed by atoms with Crippen LogP contribution < -0.4 is 17.0 Å². The van der Waals surface area contributed by atoms with E-state index >= 15 is 0 Å². The van der Waals surface area contributed by atoms with Gasteiger partial charge in [0.2, 0.25) is 5.78 Å². The van der Waals surface area contributed by atoms with E-state index in [1.54, 1.807) is 13.0 Å². The highest BCUT2D eigenvalue weighted by Gasteiger charge is 2.22. The van der Waals surface area contributed by atoms with E-state index in [0.717, 1.165) is 4.57 Å². The van der Waals surface area contributed by atoms with Crippen molar-refractivity contribution >= 4 is 17.6 Å². The summed E-state index contributed by atoms with van der Waals surface area (Å²) in [7, 11) is 1.42. The quantitative estimate of drug-likeness (QED) is 0.443. The zero-order valence-corrected chi connectivity index (χ0v) is 14.8. The van der Waals surface area contributed by atoms with Gasteiger partial charge in [0.25, 0.3) is 5.56 Å². The van der Waals surface area contributed by atoms with Crippen LogP contribution >= 0.6 is 0 Å². The van der Waals surface area contributed by atoms with Crippen molar-refractivity contribution in [2.75, 3.05) is 26.1 Å². The van der Waals surface area contributed by atoms with Gasteiger partial charge < -0.3 is 20.3 Å². The van der Waals surface area contributed by atoms with E-state index in [-0.39, 0.29) is 30.3 Å². The predicted molar refractivity (Wildman–Crippen MR) is 95.1 cm³/mol. The van der Waals surface area contributed by atoms with Gasteiger partial charge in [-0.3, -0.25) is 19.1 Å². The number of phenolic OH excluding ortho intramolecular Hbond substituents is 1. The third-order valence-electron chi connectivity index (χ3n) is 3.74. The number of nitrogens with two attached hydrogens (primary N) is 1. The summed E-state index contributed by atoms with van der Waals surface area (Å²) in [6, 6.07) is 4.32. The van der Waals surface area contributed by atoms with Crippen LogP contribution in [0.5, 0.6) is 5.75 Å². The molecular formula is C17H19N3O7. The molecule has 27 heavy (non-hydrogen) atoms. The van der Waals surface area contributed by atoms with Gasteiger partial charge in [-0.05, 0) is 19.1 Å². The lowest BCUT2D eigenvalue weighted by Gasteiger charge is -2.12. The minimum atomic E-state index is -0.981.